The monoisotopic (exact) mass is 502 g/mol. The lowest BCUT2D eigenvalue weighted by Gasteiger charge is -2.26. The van der Waals surface area contributed by atoms with Crippen LogP contribution in [0, 0.1) is 5.21 Å². The van der Waals surface area contributed by atoms with Crippen LogP contribution in [0.1, 0.15) is 5.56 Å². The molecule has 12 nitrogen and oxygen atoms in total. The van der Waals surface area contributed by atoms with Crippen molar-refractivity contribution in [2.24, 2.45) is 7.05 Å². The molecule has 191 valence electrons. The third-order valence-corrected chi connectivity index (χ3v) is 5.92. The van der Waals surface area contributed by atoms with E-state index >= 15 is 0 Å². The average molecular weight is 503 g/mol. The van der Waals surface area contributed by atoms with Gasteiger partial charge in [-0.05, 0) is 11.6 Å². The van der Waals surface area contributed by atoms with E-state index in [1.165, 1.54) is 6.20 Å². The summed E-state index contributed by atoms with van der Waals surface area (Å²) >= 11 is 0. The van der Waals surface area contributed by atoms with Crippen LogP contribution in [0.2, 0.25) is 0 Å². The number of nitrogens with one attached hydrogen (secondary N) is 2. The minimum atomic E-state index is 0.260. The van der Waals surface area contributed by atoms with Gasteiger partial charge in [-0.2, -0.15) is 10.6 Å². The number of hydrogen-bond acceptors (Lipinski definition) is 11. The molecule has 0 saturated carbocycles. The zero-order chi connectivity index (χ0) is 25.5. The maximum absolute atomic E-state index is 11.4. The predicted octanol–water partition coefficient (Wildman–Crippen LogP) is 1.14. The summed E-state index contributed by atoms with van der Waals surface area (Å²) in [5.41, 5.74) is 4.77. The summed E-state index contributed by atoms with van der Waals surface area (Å²) in [6.07, 6.45) is 8.33. The summed E-state index contributed by atoms with van der Waals surface area (Å²) in [6, 6.07) is 7.87. The van der Waals surface area contributed by atoms with Gasteiger partial charge in [0, 0.05) is 45.0 Å². The highest BCUT2D eigenvalue weighted by molar-refractivity contribution is 5.62. The van der Waals surface area contributed by atoms with E-state index in [-0.39, 0.29) is 5.69 Å². The van der Waals surface area contributed by atoms with Gasteiger partial charge < -0.3 is 20.0 Å². The van der Waals surface area contributed by atoms with Crippen LogP contribution in [0.25, 0.3) is 22.8 Å². The summed E-state index contributed by atoms with van der Waals surface area (Å²) in [5, 5.41) is 18.8. The maximum Gasteiger partial charge on any atom is 0.241 e. The summed E-state index contributed by atoms with van der Waals surface area (Å²) in [5.74, 6) is 2.12. The van der Waals surface area contributed by atoms with Gasteiger partial charge in [-0.3, -0.25) is 9.58 Å². The van der Waals surface area contributed by atoms with Crippen molar-refractivity contribution in [1.29, 1.82) is 0 Å². The molecule has 4 heterocycles. The van der Waals surface area contributed by atoms with Crippen LogP contribution in [0.5, 0.6) is 5.75 Å². The van der Waals surface area contributed by atoms with Crippen LogP contribution in [-0.4, -0.2) is 74.1 Å². The van der Waals surface area contributed by atoms with Crippen LogP contribution in [-0.2, 0) is 18.3 Å². The molecule has 1 saturated heterocycles. The molecule has 2 N–H and O–H groups in total. The highest BCUT2D eigenvalue weighted by Gasteiger charge is 2.14. The van der Waals surface area contributed by atoms with Gasteiger partial charge in [0.1, 0.15) is 6.61 Å². The van der Waals surface area contributed by atoms with Gasteiger partial charge in [0.25, 0.3) is 0 Å². The molecule has 0 amide bonds. The van der Waals surface area contributed by atoms with Crippen molar-refractivity contribution in [3.8, 4) is 28.5 Å². The fraction of sp³-hybridized carbons (Fsp3) is 0.320. The fourth-order valence-electron chi connectivity index (χ4n) is 3.93. The van der Waals surface area contributed by atoms with Crippen molar-refractivity contribution in [2.45, 2.75) is 6.54 Å². The van der Waals surface area contributed by atoms with E-state index in [0.717, 1.165) is 49.5 Å². The Morgan fingerprint density at radius 2 is 1.86 bits per heavy atom. The molecule has 1 aliphatic rings. The van der Waals surface area contributed by atoms with E-state index in [9.17, 15) is 5.21 Å². The number of ether oxygens (including phenoxy) is 2. The zero-order valence-electron chi connectivity index (χ0n) is 20.5. The van der Waals surface area contributed by atoms with Crippen molar-refractivity contribution < 1.29 is 15.0 Å². The molecule has 0 atom stereocenters. The number of hydrogen-bond donors (Lipinski definition) is 2. The maximum atomic E-state index is 11.4. The third kappa shape index (κ3) is 6.43. The lowest BCUT2D eigenvalue weighted by molar-refractivity contribution is -0.496. The lowest BCUT2D eigenvalue weighted by atomic mass is 10.1. The first-order valence-electron chi connectivity index (χ1n) is 12.0. The zero-order valence-corrected chi connectivity index (χ0v) is 20.5. The Morgan fingerprint density at radius 1 is 1.05 bits per heavy atom. The molecular weight excluding hydrogens is 474 g/mol. The van der Waals surface area contributed by atoms with Gasteiger partial charge in [0.05, 0.1) is 43.6 Å². The van der Waals surface area contributed by atoms with Crippen LogP contribution in [0.3, 0.4) is 0 Å². The second kappa shape index (κ2) is 11.8. The number of aryl methyl sites for hydroxylation is 1. The normalized spacial score (nSPS) is 14.0. The Balaban J connectivity index is 1.21. The number of anilines is 2. The first-order valence-corrected chi connectivity index (χ1v) is 12.0. The second-order valence-electron chi connectivity index (χ2n) is 8.56. The first-order chi connectivity index (χ1) is 18.2. The first kappa shape index (κ1) is 24.7. The number of rotatable bonds is 10. The largest absolute Gasteiger partial charge is 0.578 e. The second-order valence-corrected chi connectivity index (χ2v) is 8.56. The van der Waals surface area contributed by atoms with Crippen LogP contribution < -0.4 is 15.5 Å². The molecule has 37 heavy (non-hydrogen) atoms. The standard InChI is InChI=1S/C25H28N9O3/c1-33-17-20(13-30-33)24-29-16-22(32-35)25(31-24)26-12-18-3-2-4-19(11-18)23-27-14-21(15-28-23)37-10-7-34-5-8-36-9-6-34/h2-4,11,13-17,32H,5-10,12H2,1H3,(H,26,29,31). The van der Waals surface area contributed by atoms with Gasteiger partial charge in [0.15, 0.2) is 23.2 Å². The van der Waals surface area contributed by atoms with Crippen molar-refractivity contribution in [3.05, 3.63) is 66.0 Å². The molecule has 1 aliphatic heterocycles. The molecule has 3 aromatic heterocycles. The molecule has 12 heteroatoms. The molecule has 5 rings (SSSR count). The Kier molecular flexibility index (Phi) is 7.91. The molecule has 1 fully saturated rings. The van der Waals surface area contributed by atoms with Crippen LogP contribution in [0.4, 0.5) is 11.5 Å². The highest BCUT2D eigenvalue weighted by Crippen LogP contribution is 2.22. The smallest absolute Gasteiger partial charge is 0.241 e. The Bertz CT molecular complexity index is 1310. The summed E-state index contributed by atoms with van der Waals surface area (Å²) in [4.78, 5) is 20.0. The summed E-state index contributed by atoms with van der Waals surface area (Å²) in [6.45, 7) is 5.27. The van der Waals surface area contributed by atoms with E-state index in [2.05, 4.69) is 35.3 Å². The average Bonchev–Trinajstić information content (AvgIpc) is 3.39. The van der Waals surface area contributed by atoms with Crippen molar-refractivity contribution in [2.75, 3.05) is 44.8 Å². The molecular formula is C25H28N9O3. The number of morpholine rings is 1. The lowest BCUT2D eigenvalue weighted by Crippen LogP contribution is -2.70. The van der Waals surface area contributed by atoms with Crippen molar-refractivity contribution in [1.82, 2.24) is 34.6 Å². The van der Waals surface area contributed by atoms with Gasteiger partial charge in [0.2, 0.25) is 5.69 Å². The van der Waals surface area contributed by atoms with Crippen molar-refractivity contribution >= 4 is 11.5 Å². The van der Waals surface area contributed by atoms with Crippen LogP contribution in [0.15, 0.2) is 55.2 Å². The molecule has 0 unspecified atom stereocenters. The Labute approximate surface area is 214 Å². The molecule has 0 aliphatic carbocycles. The fourth-order valence-corrected chi connectivity index (χ4v) is 3.93. The number of aromatic nitrogens is 6. The molecule has 0 bridgehead atoms. The molecule has 1 aromatic carbocycles. The highest BCUT2D eigenvalue weighted by atomic mass is 16.5. The van der Waals surface area contributed by atoms with E-state index < -0.39 is 0 Å². The minimum absolute atomic E-state index is 0.260. The quantitative estimate of drug-likeness (QED) is 0.303. The third-order valence-electron chi connectivity index (χ3n) is 5.92. The van der Waals surface area contributed by atoms with E-state index in [4.69, 9.17) is 9.47 Å². The van der Waals surface area contributed by atoms with Crippen molar-refractivity contribution in [3.63, 3.8) is 0 Å². The topological polar surface area (TPSA) is 142 Å². The predicted molar refractivity (Wildman–Crippen MR) is 136 cm³/mol. The molecule has 4 aromatic rings. The SMILES string of the molecule is Cn1cc(-c2ncc([NH+][O-])c(NCc3cccc(-c4ncc(OCCN5CCOCC5)cn4)c3)n2)cn1. The van der Waals surface area contributed by atoms with Gasteiger partial charge in [-0.15, -0.1) is 0 Å². The summed E-state index contributed by atoms with van der Waals surface area (Å²) in [7, 11) is 1.82. The summed E-state index contributed by atoms with van der Waals surface area (Å²) < 4.78 is 12.8. The van der Waals surface area contributed by atoms with E-state index in [1.54, 1.807) is 23.3 Å². The Morgan fingerprint density at radius 3 is 2.62 bits per heavy atom. The number of benzene rings is 1. The van der Waals surface area contributed by atoms with Gasteiger partial charge >= 0.3 is 0 Å². The molecule has 1 radical (unpaired) electrons. The van der Waals surface area contributed by atoms with Crippen LogP contribution >= 0.6 is 0 Å². The van der Waals surface area contributed by atoms with Gasteiger partial charge in [-0.25, -0.2) is 19.9 Å². The molecule has 0 spiro atoms. The van der Waals surface area contributed by atoms with E-state index in [0.29, 0.717) is 36.4 Å². The van der Waals surface area contributed by atoms with Gasteiger partial charge in [-0.1, -0.05) is 18.2 Å². The minimum Gasteiger partial charge on any atom is -0.578 e. The Hall–Kier alpha value is -3.97. The van der Waals surface area contributed by atoms with E-state index in [1.807, 2.05) is 43.0 Å². The number of nitrogens with zero attached hydrogens (tertiary/aromatic N) is 7.